The maximum absolute atomic E-state index is 3.34. The van der Waals surface area contributed by atoms with E-state index in [0.717, 1.165) is 0 Å². The summed E-state index contributed by atoms with van der Waals surface area (Å²) in [5.74, 6) is 0. The molecule has 16 heavy (non-hydrogen) atoms. The minimum absolute atomic E-state index is 0.676. The standard InChI is InChI=1S/C14H21Se2/c15-13-10-6-3-7-11-14(13)16-12-8-4-1-2-5-9-12/h8H,1-7,9-11H2. The molecule has 1 radical (unpaired) electrons. The van der Waals surface area contributed by atoms with Crippen LogP contribution in [0.25, 0.3) is 0 Å². The first-order chi connectivity index (χ1) is 7.86. The van der Waals surface area contributed by atoms with Crippen molar-refractivity contribution >= 4 is 31.0 Å². The number of hydrogen-bond acceptors (Lipinski definition) is 0. The van der Waals surface area contributed by atoms with E-state index in [9.17, 15) is 0 Å². The summed E-state index contributed by atoms with van der Waals surface area (Å²) in [7, 11) is 0. The average molecular weight is 347 g/mol. The molecule has 2 aliphatic carbocycles. The van der Waals surface area contributed by atoms with E-state index < -0.39 is 0 Å². The van der Waals surface area contributed by atoms with Gasteiger partial charge in [-0.2, -0.15) is 0 Å². The molecular weight excluding hydrogens is 326 g/mol. The van der Waals surface area contributed by atoms with Crippen molar-refractivity contribution in [3.05, 3.63) is 19.5 Å². The second-order valence-corrected chi connectivity index (χ2v) is 8.38. The van der Waals surface area contributed by atoms with Crippen LogP contribution in [0.5, 0.6) is 0 Å². The minimum atomic E-state index is 0.676. The Kier molecular flexibility index (Phi) is 5.72. The van der Waals surface area contributed by atoms with Crippen molar-refractivity contribution in [2.45, 2.75) is 64.2 Å². The third-order valence-corrected chi connectivity index (χ3v) is 7.76. The van der Waals surface area contributed by atoms with Gasteiger partial charge in [0, 0.05) is 0 Å². The van der Waals surface area contributed by atoms with Crippen LogP contribution in [0.3, 0.4) is 0 Å². The van der Waals surface area contributed by atoms with Crippen LogP contribution in [0.15, 0.2) is 19.5 Å². The first-order valence-corrected chi connectivity index (χ1v) is 9.19. The zero-order valence-electron chi connectivity index (χ0n) is 9.96. The molecule has 89 valence electrons. The van der Waals surface area contributed by atoms with Gasteiger partial charge in [-0.25, -0.2) is 0 Å². The van der Waals surface area contributed by atoms with Crippen LogP contribution >= 0.6 is 0 Å². The molecule has 0 aromatic carbocycles. The van der Waals surface area contributed by atoms with E-state index in [0.29, 0.717) is 15.0 Å². The monoisotopic (exact) mass is 349 g/mol. The SMILES string of the molecule is [Se]C1=C([Se]C2=CCCCCC2)CCCCC1. The summed E-state index contributed by atoms with van der Waals surface area (Å²) in [6.07, 6.45) is 16.5. The Morgan fingerprint density at radius 1 is 0.875 bits per heavy atom. The summed E-state index contributed by atoms with van der Waals surface area (Å²) in [5.41, 5.74) is 0. The zero-order valence-corrected chi connectivity index (χ0v) is 13.4. The third-order valence-electron chi connectivity index (χ3n) is 3.37. The Morgan fingerprint density at radius 3 is 2.56 bits per heavy atom. The molecule has 2 aliphatic rings. The van der Waals surface area contributed by atoms with Crippen LogP contribution in [0.4, 0.5) is 0 Å². The molecule has 0 nitrogen and oxygen atoms in total. The van der Waals surface area contributed by atoms with Crippen LogP contribution in [0.1, 0.15) is 64.2 Å². The van der Waals surface area contributed by atoms with Crippen molar-refractivity contribution in [3.8, 4) is 0 Å². The third kappa shape index (κ3) is 4.07. The predicted octanol–water partition coefficient (Wildman–Crippen LogP) is 3.88. The van der Waals surface area contributed by atoms with Crippen molar-refractivity contribution in [3.63, 3.8) is 0 Å². The fourth-order valence-electron chi connectivity index (χ4n) is 2.37. The van der Waals surface area contributed by atoms with Crippen molar-refractivity contribution in [1.82, 2.24) is 0 Å². The maximum atomic E-state index is 3.34. The van der Waals surface area contributed by atoms with Gasteiger partial charge in [0.05, 0.1) is 0 Å². The van der Waals surface area contributed by atoms with Gasteiger partial charge in [0.2, 0.25) is 0 Å². The molecule has 0 amide bonds. The Bertz CT molecular complexity index is 289. The van der Waals surface area contributed by atoms with Gasteiger partial charge in [0.1, 0.15) is 0 Å². The Balaban J connectivity index is 1.98. The fraction of sp³-hybridized carbons (Fsp3) is 0.714. The first-order valence-electron chi connectivity index (χ1n) is 6.62. The van der Waals surface area contributed by atoms with Crippen LogP contribution in [-0.2, 0) is 0 Å². The Morgan fingerprint density at radius 2 is 1.62 bits per heavy atom. The zero-order chi connectivity index (χ0) is 11.2. The Labute approximate surface area is 114 Å². The van der Waals surface area contributed by atoms with Gasteiger partial charge < -0.3 is 0 Å². The normalized spacial score (nSPS) is 23.6. The molecule has 0 saturated carbocycles. The van der Waals surface area contributed by atoms with E-state index >= 15 is 0 Å². The molecule has 0 aromatic heterocycles. The van der Waals surface area contributed by atoms with E-state index in [-0.39, 0.29) is 0 Å². The summed E-state index contributed by atoms with van der Waals surface area (Å²) in [4.78, 5) is 0. The molecule has 0 saturated heterocycles. The second kappa shape index (κ2) is 7.06. The van der Waals surface area contributed by atoms with Gasteiger partial charge in [0.15, 0.2) is 0 Å². The fourth-order valence-corrected chi connectivity index (χ4v) is 5.92. The van der Waals surface area contributed by atoms with Crippen molar-refractivity contribution in [2.24, 2.45) is 0 Å². The van der Waals surface area contributed by atoms with E-state index in [1.54, 1.807) is 13.4 Å². The van der Waals surface area contributed by atoms with Crippen LogP contribution < -0.4 is 0 Å². The Hall–Kier alpha value is 0.519. The van der Waals surface area contributed by atoms with Gasteiger partial charge in [-0.05, 0) is 0 Å². The molecule has 2 rings (SSSR count). The van der Waals surface area contributed by atoms with Crippen LogP contribution in [0.2, 0.25) is 0 Å². The van der Waals surface area contributed by atoms with Gasteiger partial charge in [0.25, 0.3) is 0 Å². The van der Waals surface area contributed by atoms with E-state index in [2.05, 4.69) is 22.1 Å². The topological polar surface area (TPSA) is 0 Å². The molecule has 0 fully saturated rings. The quantitative estimate of drug-likeness (QED) is 0.665. The molecular formula is C14H21Se2. The van der Waals surface area contributed by atoms with Gasteiger partial charge >= 0.3 is 115 Å². The van der Waals surface area contributed by atoms with Gasteiger partial charge in [-0.3, -0.25) is 0 Å². The molecule has 0 atom stereocenters. The summed E-state index contributed by atoms with van der Waals surface area (Å²) < 4.78 is 5.19. The van der Waals surface area contributed by atoms with Crippen LogP contribution in [-0.4, -0.2) is 31.0 Å². The van der Waals surface area contributed by atoms with Gasteiger partial charge in [-0.1, -0.05) is 0 Å². The summed E-state index contributed by atoms with van der Waals surface area (Å²) in [6.45, 7) is 0. The second-order valence-electron chi connectivity index (χ2n) is 4.78. The van der Waals surface area contributed by atoms with Crippen molar-refractivity contribution < 1.29 is 0 Å². The molecule has 0 aromatic rings. The van der Waals surface area contributed by atoms with E-state index in [1.807, 2.05) is 0 Å². The summed E-state index contributed by atoms with van der Waals surface area (Å²) in [6, 6.07) is 0. The molecule has 0 bridgehead atoms. The number of allylic oxidation sites excluding steroid dienone is 4. The first kappa shape index (κ1) is 13.0. The molecule has 0 aliphatic heterocycles. The molecule has 0 heterocycles. The van der Waals surface area contributed by atoms with Crippen molar-refractivity contribution in [1.29, 1.82) is 0 Å². The van der Waals surface area contributed by atoms with Crippen molar-refractivity contribution in [2.75, 3.05) is 0 Å². The van der Waals surface area contributed by atoms with Crippen LogP contribution in [0, 0.1) is 0 Å². The molecule has 0 N–H and O–H groups in total. The van der Waals surface area contributed by atoms with E-state index in [4.69, 9.17) is 0 Å². The molecule has 0 spiro atoms. The molecule has 2 heteroatoms. The number of hydrogen-bond donors (Lipinski definition) is 0. The number of rotatable bonds is 2. The summed E-state index contributed by atoms with van der Waals surface area (Å²) >= 11 is 4.02. The predicted molar refractivity (Wildman–Crippen MR) is 72.8 cm³/mol. The molecule has 0 unspecified atom stereocenters. The van der Waals surface area contributed by atoms with E-state index in [1.165, 1.54) is 64.2 Å². The summed E-state index contributed by atoms with van der Waals surface area (Å²) in [5, 5.41) is 0. The van der Waals surface area contributed by atoms with Gasteiger partial charge in [-0.15, -0.1) is 0 Å². The average Bonchev–Trinajstić information content (AvgIpc) is 2.64.